The molecule has 5 nitrogen and oxygen atoms in total. The lowest BCUT2D eigenvalue weighted by molar-refractivity contribution is -0.143. The van der Waals surface area contributed by atoms with Crippen molar-refractivity contribution in [3.05, 3.63) is 54.4 Å². The van der Waals surface area contributed by atoms with Crippen LogP contribution in [0.25, 0.3) is 11.1 Å². The second kappa shape index (κ2) is 8.48. The Kier molecular flexibility index (Phi) is 5.57. The Morgan fingerprint density at radius 2 is 1.67 bits per heavy atom. The summed E-state index contributed by atoms with van der Waals surface area (Å²) < 4.78 is 0. The van der Waals surface area contributed by atoms with Gasteiger partial charge in [-0.25, -0.2) is 0 Å². The average molecular weight is 406 g/mol. The van der Waals surface area contributed by atoms with E-state index in [2.05, 4.69) is 39.0 Å². The fourth-order valence-electron chi connectivity index (χ4n) is 5.50. The summed E-state index contributed by atoms with van der Waals surface area (Å²) in [5.41, 5.74) is 3.61. The molecule has 3 atom stereocenters. The molecule has 1 amide bonds. The third-order valence-corrected chi connectivity index (χ3v) is 7.45. The van der Waals surface area contributed by atoms with Crippen LogP contribution in [0, 0.1) is 5.92 Å². The third-order valence-electron chi connectivity index (χ3n) is 7.45. The van der Waals surface area contributed by atoms with Gasteiger partial charge in [0.05, 0.1) is 6.61 Å². The van der Waals surface area contributed by atoms with Crippen molar-refractivity contribution < 1.29 is 9.90 Å². The molecular formula is C25H31N3O2. The molecule has 3 heterocycles. The van der Waals surface area contributed by atoms with E-state index in [1.54, 1.807) is 0 Å². The molecule has 5 heteroatoms. The maximum Gasteiger partial charge on any atom is 0.225 e. The number of amides is 1. The van der Waals surface area contributed by atoms with Gasteiger partial charge in [-0.05, 0) is 61.1 Å². The Bertz CT molecular complexity index is 866. The fraction of sp³-hybridized carbons (Fsp3) is 0.520. The monoisotopic (exact) mass is 405 g/mol. The Labute approximate surface area is 178 Å². The SMILES string of the molecule is O=C(C1CCC1)N1CCCCN2[C@@H](CO)[C@@H](c3ccc(-c4ccncc4)cc3)[C@@H]2C1. The van der Waals surface area contributed by atoms with Crippen molar-refractivity contribution in [1.82, 2.24) is 14.8 Å². The first-order valence-corrected chi connectivity index (χ1v) is 11.4. The number of hydrogen-bond donors (Lipinski definition) is 1. The van der Waals surface area contributed by atoms with E-state index < -0.39 is 0 Å². The van der Waals surface area contributed by atoms with Gasteiger partial charge < -0.3 is 10.0 Å². The molecule has 0 radical (unpaired) electrons. The lowest BCUT2D eigenvalue weighted by atomic mass is 9.74. The molecule has 3 fully saturated rings. The van der Waals surface area contributed by atoms with E-state index in [-0.39, 0.29) is 24.5 Å². The molecule has 30 heavy (non-hydrogen) atoms. The summed E-state index contributed by atoms with van der Waals surface area (Å²) in [5, 5.41) is 10.1. The largest absolute Gasteiger partial charge is 0.395 e. The minimum absolute atomic E-state index is 0.153. The molecule has 5 rings (SSSR count). The quantitative estimate of drug-likeness (QED) is 0.848. The molecule has 2 aliphatic heterocycles. The van der Waals surface area contributed by atoms with Gasteiger partial charge in [0.25, 0.3) is 0 Å². The molecule has 1 N–H and O–H groups in total. The zero-order valence-corrected chi connectivity index (χ0v) is 17.5. The zero-order chi connectivity index (χ0) is 20.5. The highest BCUT2D eigenvalue weighted by atomic mass is 16.3. The number of rotatable bonds is 4. The van der Waals surface area contributed by atoms with Crippen LogP contribution in [0.5, 0.6) is 0 Å². The number of hydrogen-bond acceptors (Lipinski definition) is 4. The van der Waals surface area contributed by atoms with Crippen LogP contribution in [0.15, 0.2) is 48.8 Å². The zero-order valence-electron chi connectivity index (χ0n) is 17.5. The first kappa shape index (κ1) is 19.7. The topological polar surface area (TPSA) is 56.7 Å². The molecule has 0 unspecified atom stereocenters. The third kappa shape index (κ3) is 3.54. The Hall–Kier alpha value is -2.24. The highest BCUT2D eigenvalue weighted by Crippen LogP contribution is 2.42. The van der Waals surface area contributed by atoms with Crippen molar-refractivity contribution >= 4 is 5.91 Å². The molecule has 3 aliphatic rings. The Balaban J connectivity index is 1.37. The van der Waals surface area contributed by atoms with Crippen LogP contribution < -0.4 is 0 Å². The molecule has 1 aromatic heterocycles. The molecule has 2 saturated heterocycles. The number of nitrogens with zero attached hydrogens (tertiary/aromatic N) is 3. The molecule has 1 aromatic carbocycles. The van der Waals surface area contributed by atoms with Crippen molar-refractivity contribution in [3.8, 4) is 11.1 Å². The summed E-state index contributed by atoms with van der Waals surface area (Å²) in [4.78, 5) is 21.6. The first-order valence-electron chi connectivity index (χ1n) is 11.4. The van der Waals surface area contributed by atoms with Gasteiger partial charge in [-0.1, -0.05) is 30.7 Å². The van der Waals surface area contributed by atoms with Crippen molar-refractivity contribution in [2.45, 2.75) is 50.1 Å². The molecule has 1 aliphatic carbocycles. The van der Waals surface area contributed by atoms with E-state index in [1.165, 1.54) is 17.5 Å². The summed E-state index contributed by atoms with van der Waals surface area (Å²) >= 11 is 0. The number of carbonyl (C=O) groups excluding carboxylic acids is 1. The maximum atomic E-state index is 13.0. The molecule has 2 aromatic rings. The number of fused-ring (bicyclic) bond motifs is 1. The smallest absolute Gasteiger partial charge is 0.225 e. The molecule has 1 saturated carbocycles. The maximum absolute atomic E-state index is 13.0. The van der Waals surface area contributed by atoms with Gasteiger partial charge in [0.2, 0.25) is 5.91 Å². The van der Waals surface area contributed by atoms with Gasteiger partial charge in [-0.3, -0.25) is 14.7 Å². The van der Waals surface area contributed by atoms with Crippen LogP contribution in [-0.2, 0) is 4.79 Å². The predicted octanol–water partition coefficient (Wildman–Crippen LogP) is 3.30. The van der Waals surface area contributed by atoms with Crippen molar-refractivity contribution in [2.75, 3.05) is 26.2 Å². The average Bonchev–Trinajstić information content (AvgIpc) is 2.72. The molecule has 0 spiro atoms. The summed E-state index contributed by atoms with van der Waals surface area (Å²) in [6.07, 6.45) is 9.10. The molecular weight excluding hydrogens is 374 g/mol. The van der Waals surface area contributed by atoms with Crippen LogP contribution in [0.4, 0.5) is 0 Å². The van der Waals surface area contributed by atoms with Gasteiger partial charge in [0.1, 0.15) is 0 Å². The fourth-order valence-corrected chi connectivity index (χ4v) is 5.50. The van der Waals surface area contributed by atoms with E-state index in [9.17, 15) is 9.90 Å². The van der Waals surface area contributed by atoms with Gasteiger partial charge in [0.15, 0.2) is 0 Å². The minimum atomic E-state index is 0.153. The summed E-state index contributed by atoms with van der Waals surface area (Å²) in [6.45, 7) is 2.87. The van der Waals surface area contributed by atoms with E-state index in [1.807, 2.05) is 24.5 Å². The predicted molar refractivity (Wildman–Crippen MR) is 117 cm³/mol. The second-order valence-electron chi connectivity index (χ2n) is 9.06. The first-order chi connectivity index (χ1) is 14.8. The number of aliphatic hydroxyl groups excluding tert-OH is 1. The normalized spacial score (nSPS) is 27.4. The number of aromatic nitrogens is 1. The van der Waals surface area contributed by atoms with Crippen molar-refractivity contribution in [2.24, 2.45) is 5.92 Å². The highest BCUT2D eigenvalue weighted by Gasteiger charge is 2.49. The molecule has 0 bridgehead atoms. The van der Waals surface area contributed by atoms with Crippen molar-refractivity contribution in [1.29, 1.82) is 0 Å². The van der Waals surface area contributed by atoms with E-state index >= 15 is 0 Å². The summed E-state index contributed by atoms with van der Waals surface area (Å²) in [5.74, 6) is 0.892. The second-order valence-corrected chi connectivity index (χ2v) is 9.06. The van der Waals surface area contributed by atoms with Crippen molar-refractivity contribution in [3.63, 3.8) is 0 Å². The van der Waals surface area contributed by atoms with Crippen LogP contribution in [0.2, 0.25) is 0 Å². The standard InChI is InChI=1S/C25H31N3O2/c29-17-23-24(20-8-6-18(7-9-20)19-10-12-26-13-11-19)22-16-27(14-1-2-15-28(22)23)25(30)21-4-3-5-21/h6-13,21-24,29H,1-5,14-17H2/t22-,23-,24-/m0/s1. The van der Waals surface area contributed by atoms with Gasteiger partial charge >= 0.3 is 0 Å². The van der Waals surface area contributed by atoms with Crippen LogP contribution in [0.1, 0.15) is 43.6 Å². The highest BCUT2D eigenvalue weighted by molar-refractivity contribution is 5.79. The van der Waals surface area contributed by atoms with Gasteiger partial charge in [-0.2, -0.15) is 0 Å². The Morgan fingerprint density at radius 1 is 0.967 bits per heavy atom. The van der Waals surface area contributed by atoms with E-state index in [0.717, 1.165) is 50.9 Å². The van der Waals surface area contributed by atoms with Gasteiger partial charge in [-0.15, -0.1) is 0 Å². The van der Waals surface area contributed by atoms with E-state index in [0.29, 0.717) is 11.9 Å². The van der Waals surface area contributed by atoms with Gasteiger partial charge in [0, 0.05) is 49.4 Å². The van der Waals surface area contributed by atoms with Crippen LogP contribution >= 0.6 is 0 Å². The summed E-state index contributed by atoms with van der Waals surface area (Å²) in [6, 6.07) is 13.3. The summed E-state index contributed by atoms with van der Waals surface area (Å²) in [7, 11) is 0. The minimum Gasteiger partial charge on any atom is -0.395 e. The lowest BCUT2D eigenvalue weighted by Gasteiger charge is -2.57. The van der Waals surface area contributed by atoms with E-state index in [4.69, 9.17) is 0 Å². The number of benzene rings is 1. The lowest BCUT2D eigenvalue weighted by Crippen LogP contribution is -2.68. The van der Waals surface area contributed by atoms with Crippen LogP contribution in [0.3, 0.4) is 0 Å². The van der Waals surface area contributed by atoms with Crippen LogP contribution in [-0.4, -0.2) is 64.1 Å². The molecule has 158 valence electrons. The Morgan fingerprint density at radius 3 is 2.33 bits per heavy atom. The number of carbonyl (C=O) groups is 1. The number of aliphatic hydroxyl groups is 1. The number of pyridine rings is 1.